The SMILES string of the molecule is CCC=[C](CO)[Sn]([CH2]CCC)([CH2]CCC)[CH2]CCC. The summed E-state index contributed by atoms with van der Waals surface area (Å²) >= 11 is -2.26. The number of hydrogen-bond donors (Lipinski definition) is 1. The van der Waals surface area contributed by atoms with E-state index in [0.717, 1.165) is 6.42 Å². The number of unbranched alkanes of at least 4 members (excludes halogenated alkanes) is 3. The standard InChI is InChI=1S/C5H9O.3C4H9.Sn/c1-2-3-4-5-6;3*1-3-4-2;/h3,6H,2,5H2,1H3;3*1,3-4H2,2H3;. The maximum absolute atomic E-state index is 9.87. The van der Waals surface area contributed by atoms with Crippen LogP contribution in [0.3, 0.4) is 0 Å². The Morgan fingerprint density at radius 1 is 0.842 bits per heavy atom. The number of rotatable bonds is 12. The van der Waals surface area contributed by atoms with E-state index in [4.69, 9.17) is 0 Å². The number of aliphatic hydroxyl groups is 1. The summed E-state index contributed by atoms with van der Waals surface area (Å²) in [6.45, 7) is 9.47. The molecule has 0 aromatic heterocycles. The van der Waals surface area contributed by atoms with Crippen molar-refractivity contribution in [1.29, 1.82) is 0 Å². The molecule has 0 spiro atoms. The van der Waals surface area contributed by atoms with Gasteiger partial charge in [-0.05, 0) is 0 Å². The molecule has 0 rings (SSSR count). The van der Waals surface area contributed by atoms with E-state index in [0.29, 0.717) is 6.61 Å². The summed E-state index contributed by atoms with van der Waals surface area (Å²) in [6, 6.07) is 0. The van der Waals surface area contributed by atoms with Gasteiger partial charge in [-0.25, -0.2) is 0 Å². The van der Waals surface area contributed by atoms with Crippen molar-refractivity contribution in [2.75, 3.05) is 6.61 Å². The van der Waals surface area contributed by atoms with Gasteiger partial charge in [-0.1, -0.05) is 0 Å². The first-order chi connectivity index (χ1) is 9.20. The van der Waals surface area contributed by atoms with Crippen LogP contribution < -0.4 is 0 Å². The second kappa shape index (κ2) is 12.3. The summed E-state index contributed by atoms with van der Waals surface area (Å²) in [6.07, 6.45) is 11.5. The molecule has 0 aliphatic carbocycles. The number of hydrogen-bond acceptors (Lipinski definition) is 1. The summed E-state index contributed by atoms with van der Waals surface area (Å²) in [5, 5.41) is 9.87. The molecule has 0 aliphatic rings. The zero-order valence-corrected chi connectivity index (χ0v) is 16.7. The average molecular weight is 375 g/mol. The number of aliphatic hydroxyl groups excluding tert-OH is 1. The van der Waals surface area contributed by atoms with E-state index in [1.807, 2.05) is 0 Å². The molecule has 0 atom stereocenters. The Kier molecular flexibility index (Phi) is 12.6. The molecular weight excluding hydrogens is 339 g/mol. The van der Waals surface area contributed by atoms with Crippen molar-refractivity contribution < 1.29 is 5.11 Å². The van der Waals surface area contributed by atoms with Crippen LogP contribution in [0.1, 0.15) is 72.6 Å². The van der Waals surface area contributed by atoms with Crippen LogP contribution in [-0.4, -0.2) is 30.1 Å². The summed E-state index contributed by atoms with van der Waals surface area (Å²) in [7, 11) is 0. The van der Waals surface area contributed by atoms with Gasteiger partial charge < -0.3 is 0 Å². The van der Waals surface area contributed by atoms with E-state index in [1.54, 1.807) is 0 Å². The van der Waals surface area contributed by atoms with Crippen LogP contribution in [0.5, 0.6) is 0 Å². The van der Waals surface area contributed by atoms with E-state index in [9.17, 15) is 5.11 Å². The van der Waals surface area contributed by atoms with Gasteiger partial charge in [-0.2, -0.15) is 0 Å². The molecule has 0 unspecified atom stereocenters. The average Bonchev–Trinajstić information content (AvgIpc) is 2.44. The number of allylic oxidation sites excluding steroid dienone is 1. The molecule has 19 heavy (non-hydrogen) atoms. The van der Waals surface area contributed by atoms with Gasteiger partial charge in [0.15, 0.2) is 0 Å². The minimum atomic E-state index is -2.26. The third kappa shape index (κ3) is 7.17. The van der Waals surface area contributed by atoms with Crippen molar-refractivity contribution in [3.05, 3.63) is 9.67 Å². The zero-order valence-electron chi connectivity index (χ0n) is 13.8. The van der Waals surface area contributed by atoms with E-state index in [2.05, 4.69) is 33.8 Å². The third-order valence-electron chi connectivity index (χ3n) is 4.33. The van der Waals surface area contributed by atoms with Gasteiger partial charge in [0.05, 0.1) is 0 Å². The first kappa shape index (κ1) is 19.5. The molecule has 0 fully saturated rings. The van der Waals surface area contributed by atoms with E-state index >= 15 is 0 Å². The topological polar surface area (TPSA) is 20.2 Å². The Morgan fingerprint density at radius 3 is 1.53 bits per heavy atom. The van der Waals surface area contributed by atoms with Crippen molar-refractivity contribution in [2.45, 2.75) is 86.0 Å². The zero-order chi connectivity index (χ0) is 14.6. The molecule has 0 aromatic carbocycles. The van der Waals surface area contributed by atoms with Crippen molar-refractivity contribution in [3.63, 3.8) is 0 Å². The third-order valence-corrected chi connectivity index (χ3v) is 20.5. The molecule has 114 valence electrons. The molecule has 0 saturated carbocycles. The van der Waals surface area contributed by atoms with Gasteiger partial charge >= 0.3 is 126 Å². The van der Waals surface area contributed by atoms with Crippen molar-refractivity contribution in [1.82, 2.24) is 0 Å². The molecule has 0 radical (unpaired) electrons. The summed E-state index contributed by atoms with van der Waals surface area (Å²) in [5.74, 6) is 0. The van der Waals surface area contributed by atoms with Crippen molar-refractivity contribution in [2.24, 2.45) is 0 Å². The molecule has 0 amide bonds. The van der Waals surface area contributed by atoms with Crippen molar-refractivity contribution >= 4 is 18.4 Å². The summed E-state index contributed by atoms with van der Waals surface area (Å²) in [4.78, 5) is 0. The molecule has 0 aromatic rings. The van der Waals surface area contributed by atoms with E-state index in [-0.39, 0.29) is 0 Å². The van der Waals surface area contributed by atoms with Crippen LogP contribution in [0.15, 0.2) is 9.67 Å². The Balaban J connectivity index is 5.10. The fourth-order valence-electron chi connectivity index (χ4n) is 3.10. The van der Waals surface area contributed by atoms with Crippen LogP contribution >= 0.6 is 0 Å². The Hall–Kier alpha value is 0.499. The predicted octanol–water partition coefficient (Wildman–Crippen LogP) is 5.70. The minimum absolute atomic E-state index is 0.348. The maximum atomic E-state index is 9.87. The molecule has 1 N–H and O–H groups in total. The van der Waals surface area contributed by atoms with E-state index in [1.165, 1.54) is 55.4 Å². The molecule has 0 aliphatic heterocycles. The van der Waals surface area contributed by atoms with Gasteiger partial charge in [-0.3, -0.25) is 0 Å². The molecule has 0 saturated heterocycles. The van der Waals surface area contributed by atoms with Crippen LogP contribution in [-0.2, 0) is 0 Å². The van der Waals surface area contributed by atoms with Gasteiger partial charge in [0.2, 0.25) is 0 Å². The Bertz CT molecular complexity index is 214. The summed E-state index contributed by atoms with van der Waals surface area (Å²) in [5.41, 5.74) is 0. The van der Waals surface area contributed by atoms with Crippen LogP contribution in [0.25, 0.3) is 0 Å². The molecule has 0 bridgehead atoms. The van der Waals surface area contributed by atoms with Gasteiger partial charge in [-0.15, -0.1) is 0 Å². The van der Waals surface area contributed by atoms with Gasteiger partial charge in [0.1, 0.15) is 0 Å². The van der Waals surface area contributed by atoms with E-state index < -0.39 is 18.4 Å². The molecule has 2 heteroatoms. The first-order valence-corrected chi connectivity index (χ1v) is 16.0. The van der Waals surface area contributed by atoms with Gasteiger partial charge in [0, 0.05) is 0 Å². The van der Waals surface area contributed by atoms with Crippen LogP contribution in [0.2, 0.25) is 13.3 Å². The van der Waals surface area contributed by atoms with Gasteiger partial charge in [0.25, 0.3) is 0 Å². The molecular formula is C17H36OSn. The van der Waals surface area contributed by atoms with Crippen LogP contribution in [0, 0.1) is 0 Å². The van der Waals surface area contributed by atoms with Crippen LogP contribution in [0.4, 0.5) is 0 Å². The quantitative estimate of drug-likeness (QED) is 0.434. The predicted molar refractivity (Wildman–Crippen MR) is 90.4 cm³/mol. The normalized spacial score (nSPS) is 13.0. The second-order valence-corrected chi connectivity index (χ2v) is 19.3. The Morgan fingerprint density at radius 2 is 1.26 bits per heavy atom. The monoisotopic (exact) mass is 376 g/mol. The summed E-state index contributed by atoms with van der Waals surface area (Å²) < 4.78 is 5.94. The first-order valence-electron chi connectivity index (χ1n) is 8.51. The molecule has 0 heterocycles. The second-order valence-electron chi connectivity index (χ2n) is 5.89. The Labute approximate surface area is 125 Å². The molecule has 1 nitrogen and oxygen atoms in total. The fourth-order valence-corrected chi connectivity index (χ4v) is 19.6. The fraction of sp³-hybridized carbons (Fsp3) is 0.882. The van der Waals surface area contributed by atoms with Crippen molar-refractivity contribution in [3.8, 4) is 0 Å².